The van der Waals surface area contributed by atoms with Crippen LogP contribution in [0.3, 0.4) is 0 Å². The van der Waals surface area contributed by atoms with Crippen molar-refractivity contribution in [3.05, 3.63) is 29.6 Å². The summed E-state index contributed by atoms with van der Waals surface area (Å²) in [5, 5.41) is -0.560. The molecule has 2 N–H and O–H groups in total. The lowest BCUT2D eigenvalue weighted by atomic mass is 10.1. The van der Waals surface area contributed by atoms with Gasteiger partial charge >= 0.3 is 5.97 Å². The number of thioether (sulfide) groups is 1. The number of halogens is 1. The Hall–Kier alpha value is -1.23. The summed E-state index contributed by atoms with van der Waals surface area (Å²) in [6.45, 7) is 3.96. The number of benzene rings is 1. The van der Waals surface area contributed by atoms with Crippen molar-refractivity contribution < 1.29 is 13.9 Å². The summed E-state index contributed by atoms with van der Waals surface area (Å²) in [5.74, 6) is -0.0590. The minimum absolute atomic E-state index is 0.300. The summed E-state index contributed by atoms with van der Waals surface area (Å²) in [5.41, 5.74) is 6.66. The van der Waals surface area contributed by atoms with E-state index < -0.39 is 11.1 Å². The van der Waals surface area contributed by atoms with Crippen molar-refractivity contribution in [3.8, 4) is 0 Å². The van der Waals surface area contributed by atoms with Gasteiger partial charge in [0.2, 0.25) is 0 Å². The van der Waals surface area contributed by atoms with Crippen molar-refractivity contribution in [2.75, 3.05) is 18.1 Å². The second-order valence-corrected chi connectivity index (χ2v) is 4.74. The van der Waals surface area contributed by atoms with Gasteiger partial charge in [-0.3, -0.25) is 4.79 Å². The van der Waals surface area contributed by atoms with Gasteiger partial charge in [-0.25, -0.2) is 4.39 Å². The molecule has 5 heteroatoms. The van der Waals surface area contributed by atoms with Gasteiger partial charge in [0.25, 0.3) is 0 Å². The first-order valence-corrected chi connectivity index (χ1v) is 6.48. The van der Waals surface area contributed by atoms with E-state index in [2.05, 4.69) is 0 Å². The van der Waals surface area contributed by atoms with Crippen molar-refractivity contribution in [3.63, 3.8) is 0 Å². The van der Waals surface area contributed by atoms with Crippen LogP contribution < -0.4 is 5.73 Å². The molecule has 1 atom stereocenters. The molecule has 0 aromatic heterocycles. The quantitative estimate of drug-likeness (QED) is 0.651. The van der Waals surface area contributed by atoms with Gasteiger partial charge in [0, 0.05) is 11.3 Å². The number of rotatable bonds is 5. The number of hydrogen-bond donors (Lipinski definition) is 1. The topological polar surface area (TPSA) is 52.3 Å². The maximum atomic E-state index is 13.2. The molecule has 0 amide bonds. The molecule has 1 aromatic carbocycles. The molecule has 0 heterocycles. The van der Waals surface area contributed by atoms with Crippen LogP contribution in [0.25, 0.3) is 0 Å². The SMILES string of the molecule is CCOC(=O)C(SCC)c1cc(F)ccc1N. The van der Waals surface area contributed by atoms with Gasteiger partial charge in [-0.1, -0.05) is 6.92 Å². The molecule has 1 aromatic rings. The standard InChI is InChI=1S/C12H16FNO2S/c1-3-16-12(15)11(17-4-2)9-7-8(13)5-6-10(9)14/h5-7,11H,3-4,14H2,1-2H3. The average Bonchev–Trinajstić information content (AvgIpc) is 2.30. The van der Waals surface area contributed by atoms with Gasteiger partial charge in [0.15, 0.2) is 0 Å². The lowest BCUT2D eigenvalue weighted by molar-refractivity contribution is -0.142. The lowest BCUT2D eigenvalue weighted by Crippen LogP contribution is -2.15. The molecule has 0 spiro atoms. The Morgan fingerprint density at radius 2 is 2.24 bits per heavy atom. The van der Waals surface area contributed by atoms with E-state index in [1.165, 1.54) is 30.0 Å². The molecule has 1 rings (SSSR count). The molecule has 3 nitrogen and oxygen atoms in total. The zero-order chi connectivity index (χ0) is 12.8. The van der Waals surface area contributed by atoms with Crippen molar-refractivity contribution in [1.29, 1.82) is 0 Å². The second kappa shape index (κ2) is 6.49. The van der Waals surface area contributed by atoms with E-state index in [4.69, 9.17) is 10.5 Å². The van der Waals surface area contributed by atoms with Crippen LogP contribution in [0.1, 0.15) is 24.7 Å². The molecule has 94 valence electrons. The van der Waals surface area contributed by atoms with Crippen LogP contribution in [0.15, 0.2) is 18.2 Å². The van der Waals surface area contributed by atoms with Crippen molar-refractivity contribution in [2.45, 2.75) is 19.1 Å². The minimum atomic E-state index is -0.560. The molecule has 0 saturated heterocycles. The number of nitrogens with two attached hydrogens (primary N) is 1. The third-order valence-corrected chi connectivity index (χ3v) is 3.28. The predicted octanol–water partition coefficient (Wildman–Crippen LogP) is 2.77. The number of esters is 1. The first-order valence-electron chi connectivity index (χ1n) is 5.43. The van der Waals surface area contributed by atoms with Gasteiger partial charge in [-0.05, 0) is 30.9 Å². The third kappa shape index (κ3) is 3.63. The summed E-state index contributed by atoms with van der Waals surface area (Å²) < 4.78 is 18.1. The summed E-state index contributed by atoms with van der Waals surface area (Å²) in [6, 6.07) is 4.03. The van der Waals surface area contributed by atoms with Crippen molar-refractivity contribution in [1.82, 2.24) is 0 Å². The fourth-order valence-corrected chi connectivity index (χ4v) is 2.36. The normalized spacial score (nSPS) is 12.2. The Morgan fingerprint density at radius 3 is 2.82 bits per heavy atom. The van der Waals surface area contributed by atoms with Crippen LogP contribution in [0.2, 0.25) is 0 Å². The van der Waals surface area contributed by atoms with Crippen LogP contribution >= 0.6 is 11.8 Å². The highest BCUT2D eigenvalue weighted by Crippen LogP contribution is 2.34. The Balaban J connectivity index is 3.04. The number of ether oxygens (including phenoxy) is 1. The van der Waals surface area contributed by atoms with Gasteiger partial charge < -0.3 is 10.5 Å². The first kappa shape index (κ1) is 13.8. The predicted molar refractivity (Wildman–Crippen MR) is 68.3 cm³/mol. The van der Waals surface area contributed by atoms with E-state index in [1.807, 2.05) is 6.92 Å². The number of anilines is 1. The average molecular weight is 257 g/mol. The highest BCUT2D eigenvalue weighted by atomic mass is 32.2. The molecule has 1 unspecified atom stereocenters. The Labute approximate surface area is 105 Å². The summed E-state index contributed by atoms with van der Waals surface area (Å²) >= 11 is 1.38. The Bertz CT molecular complexity index is 398. The van der Waals surface area contributed by atoms with Gasteiger partial charge in [0.05, 0.1) is 6.61 Å². The first-order chi connectivity index (χ1) is 8.10. The van der Waals surface area contributed by atoms with Gasteiger partial charge in [0.1, 0.15) is 11.1 Å². The van der Waals surface area contributed by atoms with Crippen molar-refractivity contribution >= 4 is 23.4 Å². The van der Waals surface area contributed by atoms with Gasteiger partial charge in [-0.2, -0.15) is 0 Å². The summed E-state index contributed by atoms with van der Waals surface area (Å²) in [7, 11) is 0. The fourth-order valence-electron chi connectivity index (χ4n) is 1.44. The van der Waals surface area contributed by atoms with Crippen LogP contribution in [0.4, 0.5) is 10.1 Å². The molecule has 0 aliphatic carbocycles. The van der Waals surface area contributed by atoms with Crippen LogP contribution in [0, 0.1) is 5.82 Å². The number of nitrogen functional groups attached to an aromatic ring is 1. The lowest BCUT2D eigenvalue weighted by Gasteiger charge is -2.16. The molecule has 0 aliphatic rings. The maximum absolute atomic E-state index is 13.2. The molecule has 0 aliphatic heterocycles. The van der Waals surface area contributed by atoms with Crippen LogP contribution in [-0.4, -0.2) is 18.3 Å². The third-order valence-electron chi connectivity index (χ3n) is 2.17. The van der Waals surface area contributed by atoms with E-state index in [1.54, 1.807) is 6.92 Å². The monoisotopic (exact) mass is 257 g/mol. The van der Waals surface area contributed by atoms with E-state index in [-0.39, 0.29) is 5.97 Å². The van der Waals surface area contributed by atoms with Gasteiger partial charge in [-0.15, -0.1) is 11.8 Å². The Morgan fingerprint density at radius 1 is 1.53 bits per heavy atom. The number of carbonyl (C=O) groups is 1. The molecular weight excluding hydrogens is 241 g/mol. The number of carbonyl (C=O) groups excluding carboxylic acids is 1. The molecule has 17 heavy (non-hydrogen) atoms. The number of hydrogen-bond acceptors (Lipinski definition) is 4. The smallest absolute Gasteiger partial charge is 0.323 e. The largest absolute Gasteiger partial charge is 0.465 e. The van der Waals surface area contributed by atoms with Crippen LogP contribution in [0.5, 0.6) is 0 Å². The summed E-state index contributed by atoms with van der Waals surface area (Å²) in [4.78, 5) is 11.8. The zero-order valence-corrected chi connectivity index (χ0v) is 10.7. The second-order valence-electron chi connectivity index (χ2n) is 3.36. The highest BCUT2D eigenvalue weighted by Gasteiger charge is 2.24. The molecule has 0 fully saturated rings. The maximum Gasteiger partial charge on any atom is 0.323 e. The van der Waals surface area contributed by atoms with E-state index >= 15 is 0 Å². The Kier molecular flexibility index (Phi) is 5.28. The van der Waals surface area contributed by atoms with E-state index in [0.717, 1.165) is 5.75 Å². The minimum Gasteiger partial charge on any atom is -0.465 e. The fraction of sp³-hybridized carbons (Fsp3) is 0.417. The van der Waals surface area contributed by atoms with E-state index in [0.29, 0.717) is 17.9 Å². The highest BCUT2D eigenvalue weighted by molar-refractivity contribution is 8.00. The summed E-state index contributed by atoms with van der Waals surface area (Å²) in [6.07, 6.45) is 0. The molecule has 0 saturated carbocycles. The molecular formula is C12H16FNO2S. The molecule has 0 radical (unpaired) electrons. The zero-order valence-electron chi connectivity index (χ0n) is 9.90. The van der Waals surface area contributed by atoms with Crippen LogP contribution in [-0.2, 0) is 9.53 Å². The van der Waals surface area contributed by atoms with E-state index in [9.17, 15) is 9.18 Å². The van der Waals surface area contributed by atoms with Crippen molar-refractivity contribution in [2.24, 2.45) is 0 Å². The molecule has 0 bridgehead atoms.